The molecule has 5 nitrogen and oxygen atoms in total. The van der Waals surface area contributed by atoms with Crippen molar-refractivity contribution in [2.45, 2.75) is 26.2 Å². The zero-order valence-corrected chi connectivity index (χ0v) is 13.5. The van der Waals surface area contributed by atoms with Crippen molar-refractivity contribution in [2.75, 3.05) is 6.79 Å². The fourth-order valence-corrected chi connectivity index (χ4v) is 3.10. The summed E-state index contributed by atoms with van der Waals surface area (Å²) in [6.45, 7) is 2.09. The Kier molecular flexibility index (Phi) is 3.69. The van der Waals surface area contributed by atoms with Gasteiger partial charge in [-0.05, 0) is 67.1 Å². The van der Waals surface area contributed by atoms with E-state index in [1.54, 1.807) is 18.2 Å². The lowest BCUT2D eigenvalue weighted by Crippen LogP contribution is -2.19. The van der Waals surface area contributed by atoms with Crippen LogP contribution < -0.4 is 14.9 Å². The van der Waals surface area contributed by atoms with Crippen LogP contribution in [0.1, 0.15) is 40.4 Å². The van der Waals surface area contributed by atoms with Gasteiger partial charge in [-0.2, -0.15) is 5.10 Å². The SMILES string of the molecule is C/C(=N/NC(=O)c1ccc2c(c1)OCO2)c1ccc2c(c1)CCC2. The molecule has 0 unspecified atom stereocenters. The molecule has 4 rings (SSSR count). The molecule has 1 heterocycles. The molecule has 122 valence electrons. The van der Waals surface area contributed by atoms with Crippen LogP contribution in [0.15, 0.2) is 41.5 Å². The van der Waals surface area contributed by atoms with Crippen molar-refractivity contribution in [1.29, 1.82) is 0 Å². The molecule has 5 heteroatoms. The van der Waals surface area contributed by atoms with Crippen LogP contribution in [0.4, 0.5) is 0 Å². The molecule has 0 bridgehead atoms. The molecule has 2 aromatic rings. The average Bonchev–Trinajstić information content (AvgIpc) is 3.26. The number of hydrogen-bond acceptors (Lipinski definition) is 4. The highest BCUT2D eigenvalue weighted by Gasteiger charge is 2.16. The molecule has 1 aliphatic carbocycles. The Morgan fingerprint density at radius 2 is 1.79 bits per heavy atom. The molecular weight excluding hydrogens is 304 g/mol. The van der Waals surface area contributed by atoms with Crippen LogP contribution in [0.25, 0.3) is 0 Å². The van der Waals surface area contributed by atoms with E-state index in [2.05, 4.69) is 28.7 Å². The second-order valence-corrected chi connectivity index (χ2v) is 6.04. The van der Waals surface area contributed by atoms with Gasteiger partial charge in [0.15, 0.2) is 11.5 Å². The van der Waals surface area contributed by atoms with Crippen molar-refractivity contribution in [2.24, 2.45) is 5.10 Å². The Bertz CT molecular complexity index is 843. The van der Waals surface area contributed by atoms with Gasteiger partial charge >= 0.3 is 0 Å². The molecule has 0 aromatic heterocycles. The molecule has 2 aliphatic rings. The lowest BCUT2D eigenvalue weighted by Gasteiger charge is -2.06. The monoisotopic (exact) mass is 322 g/mol. The number of ether oxygens (including phenoxy) is 2. The van der Waals surface area contributed by atoms with Crippen molar-refractivity contribution in [3.63, 3.8) is 0 Å². The predicted octanol–water partition coefficient (Wildman–Crippen LogP) is 3.06. The third kappa shape index (κ3) is 2.73. The Morgan fingerprint density at radius 3 is 2.71 bits per heavy atom. The van der Waals surface area contributed by atoms with E-state index in [9.17, 15) is 4.79 Å². The quantitative estimate of drug-likeness (QED) is 0.698. The number of carbonyl (C=O) groups excluding carboxylic acids is 1. The zero-order valence-electron chi connectivity index (χ0n) is 13.5. The number of fused-ring (bicyclic) bond motifs is 2. The van der Waals surface area contributed by atoms with Crippen molar-refractivity contribution in [3.05, 3.63) is 58.7 Å². The number of nitrogens with one attached hydrogen (secondary N) is 1. The number of benzene rings is 2. The second kappa shape index (κ2) is 6.00. The van der Waals surface area contributed by atoms with Crippen LogP contribution in [-0.4, -0.2) is 18.4 Å². The lowest BCUT2D eigenvalue weighted by atomic mass is 10.0. The normalized spacial score (nSPS) is 15.3. The van der Waals surface area contributed by atoms with Crippen LogP contribution in [0.2, 0.25) is 0 Å². The zero-order chi connectivity index (χ0) is 16.5. The minimum Gasteiger partial charge on any atom is -0.454 e. The summed E-state index contributed by atoms with van der Waals surface area (Å²) in [4.78, 5) is 12.3. The molecule has 0 fully saturated rings. The molecular formula is C19H18N2O3. The number of carbonyl (C=O) groups is 1. The summed E-state index contributed by atoms with van der Waals surface area (Å²) in [5, 5.41) is 4.23. The highest BCUT2D eigenvalue weighted by atomic mass is 16.7. The summed E-state index contributed by atoms with van der Waals surface area (Å²) in [5.41, 5.74) is 7.75. The Morgan fingerprint density at radius 1 is 1.00 bits per heavy atom. The maximum Gasteiger partial charge on any atom is 0.271 e. The molecule has 1 aliphatic heterocycles. The Labute approximate surface area is 140 Å². The first-order valence-corrected chi connectivity index (χ1v) is 8.07. The van der Waals surface area contributed by atoms with E-state index in [1.165, 1.54) is 17.5 Å². The van der Waals surface area contributed by atoms with Crippen molar-refractivity contribution >= 4 is 11.6 Å². The molecule has 24 heavy (non-hydrogen) atoms. The standard InChI is InChI=1S/C19H18N2O3/c1-12(14-6-5-13-3-2-4-15(13)9-14)20-21-19(22)16-7-8-17-18(10-16)24-11-23-17/h5-10H,2-4,11H2,1H3,(H,21,22)/b20-12-. The molecule has 0 atom stereocenters. The lowest BCUT2D eigenvalue weighted by molar-refractivity contribution is 0.0954. The maximum atomic E-state index is 12.3. The van der Waals surface area contributed by atoms with Gasteiger partial charge in [-0.25, -0.2) is 5.43 Å². The molecule has 0 saturated carbocycles. The molecule has 0 spiro atoms. The van der Waals surface area contributed by atoms with E-state index in [-0.39, 0.29) is 12.7 Å². The van der Waals surface area contributed by atoms with Gasteiger partial charge in [-0.3, -0.25) is 4.79 Å². The van der Waals surface area contributed by atoms with Crippen LogP contribution in [0.5, 0.6) is 11.5 Å². The van der Waals surface area contributed by atoms with Crippen LogP contribution >= 0.6 is 0 Å². The summed E-state index contributed by atoms with van der Waals surface area (Å²) in [6.07, 6.45) is 3.50. The molecule has 2 aromatic carbocycles. The molecule has 0 radical (unpaired) electrons. The van der Waals surface area contributed by atoms with Gasteiger partial charge in [0.1, 0.15) is 0 Å². The van der Waals surface area contributed by atoms with E-state index >= 15 is 0 Å². The summed E-state index contributed by atoms with van der Waals surface area (Å²) in [5.74, 6) is 0.972. The van der Waals surface area contributed by atoms with Crippen molar-refractivity contribution < 1.29 is 14.3 Å². The summed E-state index contributed by atoms with van der Waals surface area (Å²) < 4.78 is 10.5. The number of hydrazone groups is 1. The van der Waals surface area contributed by atoms with E-state index in [1.807, 2.05) is 6.92 Å². The first-order valence-electron chi connectivity index (χ1n) is 8.07. The second-order valence-electron chi connectivity index (χ2n) is 6.04. The van der Waals surface area contributed by atoms with Crippen molar-refractivity contribution in [3.8, 4) is 11.5 Å². The maximum absolute atomic E-state index is 12.3. The molecule has 0 saturated heterocycles. The van der Waals surface area contributed by atoms with Gasteiger partial charge in [-0.15, -0.1) is 0 Å². The Hall–Kier alpha value is -2.82. The fourth-order valence-electron chi connectivity index (χ4n) is 3.10. The number of hydrogen-bond donors (Lipinski definition) is 1. The highest BCUT2D eigenvalue weighted by molar-refractivity contribution is 6.01. The predicted molar refractivity (Wildman–Crippen MR) is 90.7 cm³/mol. The van der Waals surface area contributed by atoms with Crippen LogP contribution in [-0.2, 0) is 12.8 Å². The minimum atomic E-state index is -0.270. The van der Waals surface area contributed by atoms with Crippen LogP contribution in [0.3, 0.4) is 0 Å². The first-order chi connectivity index (χ1) is 11.7. The van der Waals surface area contributed by atoms with Gasteiger partial charge in [0.2, 0.25) is 6.79 Å². The average molecular weight is 322 g/mol. The van der Waals surface area contributed by atoms with Gasteiger partial charge in [-0.1, -0.05) is 12.1 Å². The Balaban J connectivity index is 1.48. The molecule has 1 amide bonds. The number of rotatable bonds is 3. The van der Waals surface area contributed by atoms with E-state index in [0.29, 0.717) is 17.1 Å². The summed E-state index contributed by atoms with van der Waals surface area (Å²) in [6, 6.07) is 11.5. The first kappa shape index (κ1) is 14.8. The largest absolute Gasteiger partial charge is 0.454 e. The number of nitrogens with zero attached hydrogens (tertiary/aromatic N) is 1. The van der Waals surface area contributed by atoms with Gasteiger partial charge in [0, 0.05) is 5.56 Å². The van der Waals surface area contributed by atoms with Gasteiger partial charge < -0.3 is 9.47 Å². The fraction of sp³-hybridized carbons (Fsp3) is 0.263. The summed E-state index contributed by atoms with van der Waals surface area (Å²) >= 11 is 0. The number of amides is 1. The highest BCUT2D eigenvalue weighted by Crippen LogP contribution is 2.32. The minimum absolute atomic E-state index is 0.190. The topological polar surface area (TPSA) is 59.9 Å². The smallest absolute Gasteiger partial charge is 0.271 e. The van der Waals surface area contributed by atoms with E-state index in [0.717, 1.165) is 24.1 Å². The van der Waals surface area contributed by atoms with Crippen LogP contribution in [0, 0.1) is 0 Å². The van der Waals surface area contributed by atoms with Gasteiger partial charge in [0.25, 0.3) is 5.91 Å². The van der Waals surface area contributed by atoms with Gasteiger partial charge in [0.05, 0.1) is 5.71 Å². The van der Waals surface area contributed by atoms with E-state index in [4.69, 9.17) is 9.47 Å². The number of aryl methyl sites for hydroxylation is 2. The third-order valence-corrected chi connectivity index (χ3v) is 4.48. The van der Waals surface area contributed by atoms with Crippen molar-refractivity contribution in [1.82, 2.24) is 5.43 Å². The molecule has 1 N–H and O–H groups in total. The summed E-state index contributed by atoms with van der Waals surface area (Å²) in [7, 11) is 0. The third-order valence-electron chi connectivity index (χ3n) is 4.48. The van der Waals surface area contributed by atoms with E-state index < -0.39 is 0 Å².